The monoisotopic (exact) mass is 245 g/mol. The molecule has 1 aromatic rings. The molecule has 0 saturated carbocycles. The van der Waals surface area contributed by atoms with Crippen molar-refractivity contribution in [2.45, 2.75) is 31.3 Å². The van der Waals surface area contributed by atoms with Crippen molar-refractivity contribution >= 4 is 5.69 Å². The molecule has 2 saturated heterocycles. The number of hydrogen-bond acceptors (Lipinski definition) is 3. The van der Waals surface area contributed by atoms with Gasteiger partial charge in [0.25, 0.3) is 0 Å². The van der Waals surface area contributed by atoms with Gasteiger partial charge in [-0.25, -0.2) is 0 Å². The molecule has 1 atom stereocenters. The first-order valence-corrected chi connectivity index (χ1v) is 7.12. The summed E-state index contributed by atoms with van der Waals surface area (Å²) in [6, 6.07) is 11.9. The van der Waals surface area contributed by atoms with Crippen molar-refractivity contribution in [2.75, 3.05) is 31.1 Å². The van der Waals surface area contributed by atoms with Gasteiger partial charge in [-0.3, -0.25) is 4.90 Å². The average Bonchev–Trinajstić information content (AvgIpc) is 2.87. The highest BCUT2D eigenvalue weighted by Crippen LogP contribution is 2.24. The SMILES string of the molecule is NC1CCN(C2CCN(c3ccccc3)CC2)C1. The van der Waals surface area contributed by atoms with E-state index in [1.165, 1.54) is 44.6 Å². The van der Waals surface area contributed by atoms with E-state index in [4.69, 9.17) is 5.73 Å². The van der Waals surface area contributed by atoms with Gasteiger partial charge < -0.3 is 10.6 Å². The van der Waals surface area contributed by atoms with Crippen LogP contribution in [0.2, 0.25) is 0 Å². The molecule has 2 aliphatic rings. The number of nitrogens with two attached hydrogens (primary N) is 1. The highest BCUT2D eigenvalue weighted by molar-refractivity contribution is 5.46. The molecule has 18 heavy (non-hydrogen) atoms. The molecule has 0 aliphatic carbocycles. The third-order valence-electron chi connectivity index (χ3n) is 4.36. The number of benzene rings is 1. The first-order valence-electron chi connectivity index (χ1n) is 7.12. The Morgan fingerprint density at radius 3 is 2.28 bits per heavy atom. The summed E-state index contributed by atoms with van der Waals surface area (Å²) in [5, 5.41) is 0. The number of likely N-dealkylation sites (tertiary alicyclic amines) is 1. The lowest BCUT2D eigenvalue weighted by molar-refractivity contribution is 0.205. The Morgan fingerprint density at radius 1 is 0.944 bits per heavy atom. The van der Waals surface area contributed by atoms with Crippen LogP contribution in [0.3, 0.4) is 0 Å². The summed E-state index contributed by atoms with van der Waals surface area (Å²) < 4.78 is 0. The molecule has 2 fully saturated rings. The molecule has 3 rings (SSSR count). The fraction of sp³-hybridized carbons (Fsp3) is 0.600. The summed E-state index contributed by atoms with van der Waals surface area (Å²) in [5.41, 5.74) is 7.37. The van der Waals surface area contributed by atoms with Crippen molar-refractivity contribution in [1.82, 2.24) is 4.90 Å². The fourth-order valence-corrected chi connectivity index (χ4v) is 3.28. The van der Waals surface area contributed by atoms with Gasteiger partial charge in [-0.1, -0.05) is 18.2 Å². The lowest BCUT2D eigenvalue weighted by Crippen LogP contribution is -2.44. The van der Waals surface area contributed by atoms with Crippen LogP contribution < -0.4 is 10.6 Å². The number of rotatable bonds is 2. The standard InChI is InChI=1S/C15H23N3/c16-13-6-9-18(12-13)15-7-10-17(11-8-15)14-4-2-1-3-5-14/h1-5,13,15H,6-12,16H2. The lowest BCUT2D eigenvalue weighted by atomic mass is 10.0. The third kappa shape index (κ3) is 2.52. The van der Waals surface area contributed by atoms with E-state index in [1.807, 2.05) is 0 Å². The second-order valence-corrected chi connectivity index (χ2v) is 5.60. The summed E-state index contributed by atoms with van der Waals surface area (Å²) >= 11 is 0. The minimum absolute atomic E-state index is 0.414. The van der Waals surface area contributed by atoms with Gasteiger partial charge in [0.15, 0.2) is 0 Å². The summed E-state index contributed by atoms with van der Waals surface area (Å²) in [6.45, 7) is 4.67. The largest absolute Gasteiger partial charge is 0.371 e. The van der Waals surface area contributed by atoms with Crippen LogP contribution in [0.25, 0.3) is 0 Å². The van der Waals surface area contributed by atoms with E-state index in [0.717, 1.165) is 12.6 Å². The smallest absolute Gasteiger partial charge is 0.0366 e. The molecule has 2 aliphatic heterocycles. The van der Waals surface area contributed by atoms with Crippen LogP contribution in [0.15, 0.2) is 30.3 Å². The average molecular weight is 245 g/mol. The van der Waals surface area contributed by atoms with Gasteiger partial charge in [-0.05, 0) is 31.4 Å². The van der Waals surface area contributed by atoms with Crippen molar-refractivity contribution in [1.29, 1.82) is 0 Å². The summed E-state index contributed by atoms with van der Waals surface area (Å²) in [7, 11) is 0. The summed E-state index contributed by atoms with van der Waals surface area (Å²) in [5.74, 6) is 0. The number of anilines is 1. The second kappa shape index (κ2) is 5.29. The number of para-hydroxylation sites is 1. The predicted molar refractivity (Wildman–Crippen MR) is 75.8 cm³/mol. The van der Waals surface area contributed by atoms with Crippen molar-refractivity contribution in [3.05, 3.63) is 30.3 Å². The van der Waals surface area contributed by atoms with Gasteiger partial charge in [0.2, 0.25) is 0 Å². The summed E-state index contributed by atoms with van der Waals surface area (Å²) in [4.78, 5) is 5.11. The van der Waals surface area contributed by atoms with Crippen LogP contribution in [0, 0.1) is 0 Å². The molecule has 0 radical (unpaired) electrons. The topological polar surface area (TPSA) is 32.5 Å². The molecular weight excluding hydrogens is 222 g/mol. The number of nitrogens with zero attached hydrogens (tertiary/aromatic N) is 2. The van der Waals surface area contributed by atoms with Crippen molar-refractivity contribution in [3.63, 3.8) is 0 Å². The van der Waals surface area contributed by atoms with E-state index in [-0.39, 0.29) is 0 Å². The van der Waals surface area contributed by atoms with Crippen LogP contribution >= 0.6 is 0 Å². The Bertz CT molecular complexity index is 371. The molecule has 2 N–H and O–H groups in total. The first-order chi connectivity index (χ1) is 8.83. The molecule has 0 aromatic heterocycles. The maximum atomic E-state index is 6.00. The zero-order valence-electron chi connectivity index (χ0n) is 11.0. The molecule has 3 nitrogen and oxygen atoms in total. The van der Waals surface area contributed by atoms with Gasteiger partial charge in [0.05, 0.1) is 0 Å². The van der Waals surface area contributed by atoms with Crippen LogP contribution in [-0.2, 0) is 0 Å². The van der Waals surface area contributed by atoms with Crippen molar-refractivity contribution in [2.24, 2.45) is 5.73 Å². The Labute approximate surface area is 110 Å². The molecule has 3 heteroatoms. The summed E-state index contributed by atoms with van der Waals surface area (Å²) in [6.07, 6.45) is 3.74. The van der Waals surface area contributed by atoms with Gasteiger partial charge in [-0.2, -0.15) is 0 Å². The van der Waals surface area contributed by atoms with Crippen LogP contribution in [-0.4, -0.2) is 43.2 Å². The normalized spacial score (nSPS) is 26.7. The molecule has 1 unspecified atom stereocenters. The van der Waals surface area contributed by atoms with E-state index < -0.39 is 0 Å². The Balaban J connectivity index is 1.55. The maximum absolute atomic E-state index is 6.00. The van der Waals surface area contributed by atoms with E-state index >= 15 is 0 Å². The maximum Gasteiger partial charge on any atom is 0.0366 e. The number of hydrogen-bond donors (Lipinski definition) is 1. The van der Waals surface area contributed by atoms with Gasteiger partial charge >= 0.3 is 0 Å². The molecule has 0 amide bonds. The third-order valence-corrected chi connectivity index (χ3v) is 4.36. The predicted octanol–water partition coefficient (Wildman–Crippen LogP) is 1.69. The van der Waals surface area contributed by atoms with E-state index in [9.17, 15) is 0 Å². The zero-order valence-corrected chi connectivity index (χ0v) is 11.0. The van der Waals surface area contributed by atoms with E-state index in [1.54, 1.807) is 0 Å². The van der Waals surface area contributed by atoms with Gasteiger partial charge in [0.1, 0.15) is 0 Å². The second-order valence-electron chi connectivity index (χ2n) is 5.60. The highest BCUT2D eigenvalue weighted by Gasteiger charge is 2.29. The Morgan fingerprint density at radius 2 is 1.67 bits per heavy atom. The molecule has 98 valence electrons. The molecule has 1 aromatic carbocycles. The van der Waals surface area contributed by atoms with Gasteiger partial charge in [-0.15, -0.1) is 0 Å². The minimum Gasteiger partial charge on any atom is -0.371 e. The molecule has 0 bridgehead atoms. The Hall–Kier alpha value is -1.06. The molecule has 0 spiro atoms. The van der Waals surface area contributed by atoms with Gasteiger partial charge in [0, 0.05) is 44.0 Å². The quantitative estimate of drug-likeness (QED) is 0.860. The first kappa shape index (κ1) is 12.0. The van der Waals surface area contributed by atoms with E-state index in [2.05, 4.69) is 40.1 Å². The zero-order chi connectivity index (χ0) is 12.4. The van der Waals surface area contributed by atoms with Crippen LogP contribution in [0.4, 0.5) is 5.69 Å². The minimum atomic E-state index is 0.414. The van der Waals surface area contributed by atoms with Crippen LogP contribution in [0.5, 0.6) is 0 Å². The van der Waals surface area contributed by atoms with Crippen molar-refractivity contribution in [3.8, 4) is 0 Å². The lowest BCUT2D eigenvalue weighted by Gasteiger charge is -2.37. The number of piperidine rings is 1. The highest BCUT2D eigenvalue weighted by atomic mass is 15.2. The molecule has 2 heterocycles. The Kier molecular flexibility index (Phi) is 3.52. The fourth-order valence-electron chi connectivity index (χ4n) is 3.28. The van der Waals surface area contributed by atoms with Crippen LogP contribution in [0.1, 0.15) is 19.3 Å². The molecular formula is C15H23N3. The van der Waals surface area contributed by atoms with E-state index in [0.29, 0.717) is 6.04 Å². The van der Waals surface area contributed by atoms with Crippen molar-refractivity contribution < 1.29 is 0 Å².